The summed E-state index contributed by atoms with van der Waals surface area (Å²) in [5.41, 5.74) is 0. The van der Waals surface area contributed by atoms with Gasteiger partial charge in [-0.25, -0.2) is 4.98 Å². The highest BCUT2D eigenvalue weighted by Crippen LogP contribution is 2.14. The van der Waals surface area contributed by atoms with Crippen LogP contribution in [0.25, 0.3) is 0 Å². The van der Waals surface area contributed by atoms with E-state index in [0.717, 1.165) is 19.7 Å². The van der Waals surface area contributed by atoms with E-state index in [4.69, 9.17) is 16.3 Å². The molecule has 0 aromatic carbocycles. The monoisotopic (exact) mass is 212 g/mol. The first-order valence-corrected chi connectivity index (χ1v) is 5.17. The fourth-order valence-corrected chi connectivity index (χ4v) is 1.62. The molecule has 0 aliphatic carbocycles. The molecule has 0 bridgehead atoms. The molecule has 2 heterocycles. The summed E-state index contributed by atoms with van der Waals surface area (Å²) in [6.07, 6.45) is 2.79. The van der Waals surface area contributed by atoms with Crippen LogP contribution in [-0.2, 0) is 0 Å². The van der Waals surface area contributed by atoms with E-state index < -0.39 is 0 Å². The molecule has 2 rings (SSSR count). The van der Waals surface area contributed by atoms with Crippen molar-refractivity contribution in [3.63, 3.8) is 0 Å². The number of nitrogens with one attached hydrogen (secondary N) is 1. The van der Waals surface area contributed by atoms with Gasteiger partial charge in [0.25, 0.3) is 0 Å². The van der Waals surface area contributed by atoms with E-state index in [2.05, 4.69) is 10.3 Å². The Hall–Kier alpha value is -0.800. The zero-order chi connectivity index (χ0) is 9.80. The number of ether oxygens (including phenoxy) is 1. The number of hydrogen-bond donors (Lipinski definition) is 1. The van der Waals surface area contributed by atoms with Crippen LogP contribution in [0.2, 0.25) is 5.02 Å². The molecule has 1 unspecified atom stereocenters. The van der Waals surface area contributed by atoms with Crippen molar-refractivity contribution in [1.82, 2.24) is 10.3 Å². The number of halogens is 1. The average molecular weight is 213 g/mol. The summed E-state index contributed by atoms with van der Waals surface area (Å²) < 4.78 is 5.54. The Morgan fingerprint density at radius 2 is 2.50 bits per heavy atom. The highest BCUT2D eigenvalue weighted by molar-refractivity contribution is 6.30. The van der Waals surface area contributed by atoms with Gasteiger partial charge in [0.05, 0.1) is 11.6 Å². The largest absolute Gasteiger partial charge is 0.477 e. The van der Waals surface area contributed by atoms with Gasteiger partial charge < -0.3 is 10.1 Å². The van der Waals surface area contributed by atoms with Crippen LogP contribution >= 0.6 is 11.6 Å². The lowest BCUT2D eigenvalue weighted by Crippen LogP contribution is -2.15. The summed E-state index contributed by atoms with van der Waals surface area (Å²) >= 11 is 5.71. The van der Waals surface area contributed by atoms with Gasteiger partial charge in [-0.05, 0) is 19.0 Å². The number of pyridine rings is 1. The highest BCUT2D eigenvalue weighted by atomic mass is 35.5. The maximum atomic E-state index is 5.71. The fraction of sp³-hybridized carbons (Fsp3) is 0.500. The second kappa shape index (κ2) is 4.62. The lowest BCUT2D eigenvalue weighted by atomic mass is 10.1. The number of aromatic nitrogens is 1. The van der Waals surface area contributed by atoms with Gasteiger partial charge in [0.1, 0.15) is 0 Å². The molecular formula is C10H13ClN2O. The maximum Gasteiger partial charge on any atom is 0.213 e. The molecule has 1 fully saturated rings. The molecule has 0 saturated carbocycles. The van der Waals surface area contributed by atoms with Crippen LogP contribution in [0.15, 0.2) is 18.3 Å². The van der Waals surface area contributed by atoms with Crippen molar-refractivity contribution in [1.29, 1.82) is 0 Å². The Balaban J connectivity index is 1.82. The Bertz CT molecular complexity index is 283. The average Bonchev–Trinajstić information content (AvgIpc) is 2.70. The minimum Gasteiger partial charge on any atom is -0.477 e. The second-order valence-corrected chi connectivity index (χ2v) is 3.92. The van der Waals surface area contributed by atoms with Crippen LogP contribution in [0, 0.1) is 5.92 Å². The Labute approximate surface area is 88.4 Å². The van der Waals surface area contributed by atoms with Gasteiger partial charge in [0.15, 0.2) is 0 Å². The van der Waals surface area contributed by atoms with Crippen LogP contribution < -0.4 is 10.1 Å². The number of nitrogens with zero attached hydrogens (tertiary/aromatic N) is 1. The van der Waals surface area contributed by atoms with E-state index in [-0.39, 0.29) is 0 Å². The Morgan fingerprint density at radius 3 is 3.14 bits per heavy atom. The topological polar surface area (TPSA) is 34.1 Å². The smallest absolute Gasteiger partial charge is 0.213 e. The van der Waals surface area contributed by atoms with E-state index in [9.17, 15) is 0 Å². The predicted molar refractivity (Wildman–Crippen MR) is 55.7 cm³/mol. The molecule has 0 amide bonds. The third kappa shape index (κ3) is 2.59. The molecule has 1 aliphatic rings. The van der Waals surface area contributed by atoms with Crippen molar-refractivity contribution in [3.8, 4) is 5.88 Å². The van der Waals surface area contributed by atoms with Gasteiger partial charge in [0.2, 0.25) is 5.88 Å². The van der Waals surface area contributed by atoms with E-state index >= 15 is 0 Å². The molecule has 4 heteroatoms. The molecule has 3 nitrogen and oxygen atoms in total. The van der Waals surface area contributed by atoms with E-state index in [1.807, 2.05) is 0 Å². The Kier molecular flexibility index (Phi) is 3.22. The standard InChI is InChI=1S/C10H13ClN2O/c11-9-1-2-10(13-6-9)14-7-8-3-4-12-5-8/h1-2,6,8,12H,3-5,7H2. The molecule has 1 aliphatic heterocycles. The van der Waals surface area contributed by atoms with E-state index in [0.29, 0.717) is 16.8 Å². The molecular weight excluding hydrogens is 200 g/mol. The van der Waals surface area contributed by atoms with E-state index in [1.54, 1.807) is 18.3 Å². The quantitative estimate of drug-likeness (QED) is 0.829. The normalized spacial score (nSPS) is 21.1. The molecule has 1 aromatic rings. The van der Waals surface area contributed by atoms with Gasteiger partial charge >= 0.3 is 0 Å². The summed E-state index contributed by atoms with van der Waals surface area (Å²) in [7, 11) is 0. The molecule has 1 aromatic heterocycles. The first kappa shape index (κ1) is 9.74. The first-order chi connectivity index (χ1) is 6.84. The van der Waals surface area contributed by atoms with E-state index in [1.165, 1.54) is 6.42 Å². The van der Waals surface area contributed by atoms with Gasteiger partial charge in [0, 0.05) is 24.7 Å². The molecule has 1 saturated heterocycles. The molecule has 14 heavy (non-hydrogen) atoms. The van der Waals surface area contributed by atoms with Gasteiger partial charge in [-0.1, -0.05) is 11.6 Å². The van der Waals surface area contributed by atoms with Crippen molar-refractivity contribution in [2.75, 3.05) is 19.7 Å². The van der Waals surface area contributed by atoms with Crippen LogP contribution in [0.5, 0.6) is 5.88 Å². The second-order valence-electron chi connectivity index (χ2n) is 3.48. The fourth-order valence-electron chi connectivity index (χ4n) is 1.51. The summed E-state index contributed by atoms with van der Waals surface area (Å²) in [6, 6.07) is 3.58. The predicted octanol–water partition coefficient (Wildman–Crippen LogP) is 1.72. The van der Waals surface area contributed by atoms with Crippen LogP contribution in [0.3, 0.4) is 0 Å². The first-order valence-electron chi connectivity index (χ1n) is 4.79. The summed E-state index contributed by atoms with van der Waals surface area (Å²) in [5, 5.41) is 3.93. The van der Waals surface area contributed by atoms with Crippen LogP contribution in [0.4, 0.5) is 0 Å². The zero-order valence-electron chi connectivity index (χ0n) is 7.87. The number of rotatable bonds is 3. The minimum absolute atomic E-state index is 0.618. The van der Waals surface area contributed by atoms with Crippen molar-refractivity contribution < 1.29 is 4.74 Å². The minimum atomic E-state index is 0.618. The van der Waals surface area contributed by atoms with Crippen molar-refractivity contribution in [2.24, 2.45) is 5.92 Å². The molecule has 0 spiro atoms. The van der Waals surface area contributed by atoms with Crippen LogP contribution in [-0.4, -0.2) is 24.7 Å². The number of hydrogen-bond acceptors (Lipinski definition) is 3. The van der Waals surface area contributed by atoms with Crippen molar-refractivity contribution >= 4 is 11.6 Å². The zero-order valence-corrected chi connectivity index (χ0v) is 8.63. The van der Waals surface area contributed by atoms with Crippen LogP contribution in [0.1, 0.15) is 6.42 Å². The maximum absolute atomic E-state index is 5.71. The SMILES string of the molecule is Clc1ccc(OCC2CCNC2)nc1. The lowest BCUT2D eigenvalue weighted by molar-refractivity contribution is 0.251. The third-order valence-electron chi connectivity index (χ3n) is 2.33. The van der Waals surface area contributed by atoms with Gasteiger partial charge in [-0.15, -0.1) is 0 Å². The summed E-state index contributed by atoms with van der Waals surface area (Å²) in [5.74, 6) is 1.27. The molecule has 1 N–H and O–H groups in total. The van der Waals surface area contributed by atoms with Crippen molar-refractivity contribution in [2.45, 2.75) is 6.42 Å². The summed E-state index contributed by atoms with van der Waals surface area (Å²) in [6.45, 7) is 2.89. The lowest BCUT2D eigenvalue weighted by Gasteiger charge is -2.09. The highest BCUT2D eigenvalue weighted by Gasteiger charge is 2.14. The molecule has 76 valence electrons. The van der Waals surface area contributed by atoms with Crippen molar-refractivity contribution in [3.05, 3.63) is 23.4 Å². The Morgan fingerprint density at radius 1 is 1.57 bits per heavy atom. The van der Waals surface area contributed by atoms with Gasteiger partial charge in [-0.2, -0.15) is 0 Å². The van der Waals surface area contributed by atoms with Gasteiger partial charge in [-0.3, -0.25) is 0 Å². The summed E-state index contributed by atoms with van der Waals surface area (Å²) in [4.78, 5) is 4.06. The molecule has 0 radical (unpaired) electrons. The third-order valence-corrected chi connectivity index (χ3v) is 2.55. The molecule has 1 atom stereocenters.